The summed E-state index contributed by atoms with van der Waals surface area (Å²) in [6.45, 7) is 6.42. The Labute approximate surface area is 167 Å². The predicted molar refractivity (Wildman–Crippen MR) is 107 cm³/mol. The fourth-order valence-corrected chi connectivity index (χ4v) is 3.75. The summed E-state index contributed by atoms with van der Waals surface area (Å²) < 4.78 is 4.89. The average molecular weight is 401 g/mol. The van der Waals surface area contributed by atoms with Crippen LogP contribution in [0.1, 0.15) is 30.2 Å². The summed E-state index contributed by atoms with van der Waals surface area (Å²) in [5.41, 5.74) is 3.63. The van der Waals surface area contributed by atoms with Crippen LogP contribution in [0.2, 0.25) is 0 Å². The van der Waals surface area contributed by atoms with Crippen molar-refractivity contribution in [3.63, 3.8) is 0 Å². The maximum Gasteiger partial charge on any atom is 0.311 e. The number of aryl methyl sites for hydroxylation is 2. The Hall–Kier alpha value is -2.74. The van der Waals surface area contributed by atoms with Gasteiger partial charge in [0.1, 0.15) is 0 Å². The SMILES string of the molecule is CCOC(=O)Cc1csc(NC(=O)[C@@H]2CC(=O)N(c3ccc(C)c(C)c3)C2)n1. The third kappa shape index (κ3) is 4.56. The molecule has 2 amide bonds. The van der Waals surface area contributed by atoms with Gasteiger partial charge in [0.15, 0.2) is 5.13 Å². The van der Waals surface area contributed by atoms with Crippen LogP contribution in [0.4, 0.5) is 10.8 Å². The second kappa shape index (κ2) is 8.52. The highest BCUT2D eigenvalue weighted by Gasteiger charge is 2.35. The molecule has 1 N–H and O–H groups in total. The van der Waals surface area contributed by atoms with Crippen molar-refractivity contribution in [3.8, 4) is 0 Å². The number of thiazole rings is 1. The number of amides is 2. The molecule has 1 aliphatic rings. The summed E-state index contributed by atoms with van der Waals surface area (Å²) in [4.78, 5) is 42.4. The van der Waals surface area contributed by atoms with E-state index in [-0.39, 0.29) is 30.6 Å². The van der Waals surface area contributed by atoms with Gasteiger partial charge in [-0.15, -0.1) is 11.3 Å². The van der Waals surface area contributed by atoms with E-state index in [1.54, 1.807) is 17.2 Å². The molecule has 148 valence electrons. The largest absolute Gasteiger partial charge is 0.466 e. The van der Waals surface area contributed by atoms with Crippen molar-refractivity contribution >= 4 is 39.9 Å². The third-order valence-electron chi connectivity index (χ3n) is 4.71. The number of nitrogens with zero attached hydrogens (tertiary/aromatic N) is 2. The first-order valence-corrected chi connectivity index (χ1v) is 10.0. The summed E-state index contributed by atoms with van der Waals surface area (Å²) in [5, 5.41) is 4.89. The fourth-order valence-electron chi connectivity index (χ4n) is 3.04. The van der Waals surface area contributed by atoms with Crippen molar-refractivity contribution in [2.75, 3.05) is 23.4 Å². The smallest absolute Gasteiger partial charge is 0.311 e. The molecule has 1 saturated heterocycles. The summed E-state index contributed by atoms with van der Waals surface area (Å²) in [7, 11) is 0. The second-order valence-corrected chi connectivity index (χ2v) is 7.65. The molecule has 0 spiro atoms. The fraction of sp³-hybridized carbons (Fsp3) is 0.400. The molecule has 7 nitrogen and oxygen atoms in total. The Bertz CT molecular complexity index is 909. The number of carbonyl (C=O) groups is 3. The normalized spacial score (nSPS) is 16.3. The Balaban J connectivity index is 1.61. The van der Waals surface area contributed by atoms with Crippen LogP contribution in [0.25, 0.3) is 0 Å². The van der Waals surface area contributed by atoms with Gasteiger partial charge in [0.05, 0.1) is 24.6 Å². The molecule has 0 saturated carbocycles. The molecule has 0 unspecified atom stereocenters. The molecular formula is C20H23N3O4S. The topological polar surface area (TPSA) is 88.6 Å². The molecule has 2 heterocycles. The lowest BCUT2D eigenvalue weighted by molar-refractivity contribution is -0.142. The molecule has 2 aromatic rings. The molecular weight excluding hydrogens is 378 g/mol. The maximum absolute atomic E-state index is 12.6. The molecule has 1 aliphatic heterocycles. The standard InChI is InChI=1S/C20H23N3O4S/c1-4-27-18(25)9-15-11-28-20(21-15)22-19(26)14-8-17(24)23(10-14)16-6-5-12(2)13(3)7-16/h5-7,11,14H,4,8-10H2,1-3H3,(H,21,22,26)/t14-/m1/s1. The van der Waals surface area contributed by atoms with E-state index in [0.29, 0.717) is 24.0 Å². The average Bonchev–Trinajstić information content (AvgIpc) is 3.24. The van der Waals surface area contributed by atoms with Crippen molar-refractivity contribution in [3.05, 3.63) is 40.4 Å². The van der Waals surface area contributed by atoms with Gasteiger partial charge < -0.3 is 15.0 Å². The monoisotopic (exact) mass is 401 g/mol. The van der Waals surface area contributed by atoms with E-state index in [9.17, 15) is 14.4 Å². The number of hydrogen-bond donors (Lipinski definition) is 1. The quantitative estimate of drug-likeness (QED) is 0.752. The number of nitrogens with one attached hydrogen (secondary N) is 1. The molecule has 1 aromatic carbocycles. The minimum absolute atomic E-state index is 0.0643. The van der Waals surface area contributed by atoms with Crippen molar-refractivity contribution < 1.29 is 19.1 Å². The zero-order valence-corrected chi connectivity index (χ0v) is 17.0. The molecule has 0 radical (unpaired) electrons. The summed E-state index contributed by atoms with van der Waals surface area (Å²) >= 11 is 1.25. The van der Waals surface area contributed by atoms with Gasteiger partial charge in [-0.25, -0.2) is 4.98 Å². The van der Waals surface area contributed by atoms with E-state index in [0.717, 1.165) is 16.8 Å². The van der Waals surface area contributed by atoms with Crippen LogP contribution in [0.15, 0.2) is 23.6 Å². The molecule has 8 heteroatoms. The Morgan fingerprint density at radius 1 is 1.32 bits per heavy atom. The van der Waals surface area contributed by atoms with Gasteiger partial charge in [-0.1, -0.05) is 6.07 Å². The van der Waals surface area contributed by atoms with E-state index >= 15 is 0 Å². The van der Waals surface area contributed by atoms with Crippen LogP contribution >= 0.6 is 11.3 Å². The van der Waals surface area contributed by atoms with Crippen LogP contribution in [0, 0.1) is 19.8 Å². The van der Waals surface area contributed by atoms with Crippen molar-refractivity contribution in [2.24, 2.45) is 5.92 Å². The van der Waals surface area contributed by atoms with E-state index in [1.807, 2.05) is 32.0 Å². The van der Waals surface area contributed by atoms with Gasteiger partial charge in [0.2, 0.25) is 11.8 Å². The zero-order chi connectivity index (χ0) is 20.3. The van der Waals surface area contributed by atoms with E-state index < -0.39 is 5.92 Å². The van der Waals surface area contributed by atoms with Crippen LogP contribution in [0.5, 0.6) is 0 Å². The van der Waals surface area contributed by atoms with E-state index in [2.05, 4.69) is 10.3 Å². The highest BCUT2D eigenvalue weighted by atomic mass is 32.1. The number of anilines is 2. The van der Waals surface area contributed by atoms with Gasteiger partial charge >= 0.3 is 5.97 Å². The van der Waals surface area contributed by atoms with Crippen molar-refractivity contribution in [1.29, 1.82) is 0 Å². The number of rotatable bonds is 6. The van der Waals surface area contributed by atoms with Crippen LogP contribution in [-0.2, 0) is 25.5 Å². The lowest BCUT2D eigenvalue weighted by Crippen LogP contribution is -2.28. The highest BCUT2D eigenvalue weighted by Crippen LogP contribution is 2.28. The number of ether oxygens (including phenoxy) is 1. The van der Waals surface area contributed by atoms with Gasteiger partial charge in [0, 0.05) is 24.0 Å². The van der Waals surface area contributed by atoms with Crippen molar-refractivity contribution in [2.45, 2.75) is 33.6 Å². The molecule has 1 fully saturated rings. The lowest BCUT2D eigenvalue weighted by atomic mass is 10.1. The lowest BCUT2D eigenvalue weighted by Gasteiger charge is -2.17. The van der Waals surface area contributed by atoms with Gasteiger partial charge in [-0.3, -0.25) is 14.4 Å². The first-order chi connectivity index (χ1) is 13.4. The molecule has 0 bridgehead atoms. The van der Waals surface area contributed by atoms with Crippen LogP contribution in [-0.4, -0.2) is 35.9 Å². The Kier molecular flexibility index (Phi) is 6.08. The zero-order valence-electron chi connectivity index (χ0n) is 16.2. The molecule has 1 aromatic heterocycles. The summed E-state index contributed by atoms with van der Waals surface area (Å²) in [5.74, 6) is -1.09. The minimum atomic E-state index is -0.438. The minimum Gasteiger partial charge on any atom is -0.466 e. The number of esters is 1. The number of carbonyl (C=O) groups excluding carboxylic acids is 3. The van der Waals surface area contributed by atoms with Gasteiger partial charge in [0.25, 0.3) is 0 Å². The molecule has 3 rings (SSSR count). The van der Waals surface area contributed by atoms with Crippen LogP contribution in [0.3, 0.4) is 0 Å². The second-order valence-electron chi connectivity index (χ2n) is 6.79. The molecule has 28 heavy (non-hydrogen) atoms. The van der Waals surface area contributed by atoms with Crippen LogP contribution < -0.4 is 10.2 Å². The molecule has 0 aliphatic carbocycles. The first kappa shape index (κ1) is 20.0. The highest BCUT2D eigenvalue weighted by molar-refractivity contribution is 7.13. The summed E-state index contributed by atoms with van der Waals surface area (Å²) in [6, 6.07) is 5.85. The number of hydrogen-bond acceptors (Lipinski definition) is 6. The van der Waals surface area contributed by atoms with Crippen molar-refractivity contribution in [1.82, 2.24) is 4.98 Å². The third-order valence-corrected chi connectivity index (χ3v) is 5.52. The number of aromatic nitrogens is 1. The van der Waals surface area contributed by atoms with Gasteiger partial charge in [-0.05, 0) is 44.0 Å². The maximum atomic E-state index is 12.6. The van der Waals surface area contributed by atoms with E-state index in [1.165, 1.54) is 11.3 Å². The molecule has 1 atom stereocenters. The predicted octanol–water partition coefficient (Wildman–Crippen LogP) is 2.86. The Morgan fingerprint density at radius 3 is 2.82 bits per heavy atom. The Morgan fingerprint density at radius 2 is 2.11 bits per heavy atom. The number of benzene rings is 1. The first-order valence-electron chi connectivity index (χ1n) is 9.16. The van der Waals surface area contributed by atoms with Gasteiger partial charge in [-0.2, -0.15) is 0 Å². The van der Waals surface area contributed by atoms with E-state index in [4.69, 9.17) is 4.74 Å². The summed E-state index contributed by atoms with van der Waals surface area (Å²) in [6.07, 6.45) is 0.239.